The minimum atomic E-state index is -0.266. The van der Waals surface area contributed by atoms with E-state index in [1.165, 1.54) is 23.5 Å². The average Bonchev–Trinajstić information content (AvgIpc) is 3.12. The first-order chi connectivity index (χ1) is 12.2. The van der Waals surface area contributed by atoms with E-state index < -0.39 is 0 Å². The topological polar surface area (TPSA) is 66.9 Å². The third-order valence-corrected chi connectivity index (χ3v) is 4.66. The molecule has 0 aliphatic rings. The van der Waals surface area contributed by atoms with Crippen molar-refractivity contribution >= 4 is 23.2 Å². The summed E-state index contributed by atoms with van der Waals surface area (Å²) in [6.45, 7) is 0.451. The van der Waals surface area contributed by atoms with E-state index in [1.807, 2.05) is 12.1 Å². The van der Waals surface area contributed by atoms with Crippen LogP contribution in [0, 0.1) is 5.82 Å². The highest BCUT2D eigenvalue weighted by Crippen LogP contribution is 2.26. The fourth-order valence-corrected chi connectivity index (χ4v) is 3.21. The number of nitrogens with zero attached hydrogens (tertiary/aromatic N) is 2. The minimum absolute atomic E-state index is 0.143. The summed E-state index contributed by atoms with van der Waals surface area (Å²) >= 11 is 1.37. The first-order valence-electron chi connectivity index (χ1n) is 7.79. The molecule has 0 spiro atoms. The smallest absolute Gasteiger partial charge is 0.261 e. The van der Waals surface area contributed by atoms with Crippen molar-refractivity contribution in [2.24, 2.45) is 0 Å². The molecule has 2 aromatic heterocycles. The summed E-state index contributed by atoms with van der Waals surface area (Å²) in [5.41, 5.74) is 1.62. The highest BCUT2D eigenvalue weighted by atomic mass is 32.1. The van der Waals surface area contributed by atoms with Crippen LogP contribution in [-0.2, 0) is 6.42 Å². The molecule has 0 aliphatic heterocycles. The Kier molecular flexibility index (Phi) is 5.35. The van der Waals surface area contributed by atoms with Gasteiger partial charge in [0.2, 0.25) is 5.95 Å². The Morgan fingerprint density at radius 3 is 2.92 bits per heavy atom. The third-order valence-electron chi connectivity index (χ3n) is 3.55. The minimum Gasteiger partial charge on any atom is -0.357 e. The molecule has 3 rings (SSSR count). The molecule has 0 radical (unpaired) electrons. The van der Waals surface area contributed by atoms with Crippen LogP contribution in [0.15, 0.2) is 48.7 Å². The monoisotopic (exact) mass is 356 g/mol. The molecular weight excluding hydrogens is 339 g/mol. The lowest BCUT2D eigenvalue weighted by Gasteiger charge is -2.04. The van der Waals surface area contributed by atoms with Gasteiger partial charge in [-0.25, -0.2) is 14.4 Å². The number of benzene rings is 1. The molecule has 7 heteroatoms. The lowest BCUT2D eigenvalue weighted by atomic mass is 10.1. The van der Waals surface area contributed by atoms with Crippen LogP contribution in [0.4, 0.5) is 10.3 Å². The van der Waals surface area contributed by atoms with Gasteiger partial charge >= 0.3 is 0 Å². The van der Waals surface area contributed by atoms with Crippen LogP contribution in [0.2, 0.25) is 0 Å². The van der Waals surface area contributed by atoms with Crippen molar-refractivity contribution in [3.8, 4) is 10.6 Å². The van der Waals surface area contributed by atoms with Crippen LogP contribution >= 0.6 is 11.3 Å². The standard InChI is InChI=1S/C18H17FN4OS/c1-20-18-22-10-8-14(23-18)15-5-6-16(25-15)17(24)21-9-7-12-3-2-4-13(19)11-12/h2-6,8,10-11H,7,9H2,1H3,(H,21,24)(H,20,22,23). The van der Waals surface area contributed by atoms with Crippen LogP contribution in [0.1, 0.15) is 15.2 Å². The molecule has 0 bridgehead atoms. The zero-order chi connectivity index (χ0) is 17.6. The summed E-state index contributed by atoms with van der Waals surface area (Å²) < 4.78 is 13.1. The van der Waals surface area contributed by atoms with Gasteiger partial charge in [-0.2, -0.15) is 0 Å². The summed E-state index contributed by atoms with van der Waals surface area (Å²) in [4.78, 5) is 22.2. The van der Waals surface area contributed by atoms with Crippen molar-refractivity contribution < 1.29 is 9.18 Å². The maximum atomic E-state index is 13.1. The summed E-state index contributed by atoms with van der Waals surface area (Å²) in [5, 5.41) is 5.75. The molecule has 1 amide bonds. The molecule has 0 unspecified atom stereocenters. The molecule has 0 atom stereocenters. The van der Waals surface area contributed by atoms with Crippen molar-refractivity contribution in [3.05, 3.63) is 64.9 Å². The number of hydrogen-bond acceptors (Lipinski definition) is 5. The van der Waals surface area contributed by atoms with Crippen LogP contribution in [0.3, 0.4) is 0 Å². The second-order valence-corrected chi connectivity index (χ2v) is 6.40. The van der Waals surface area contributed by atoms with Gasteiger partial charge in [0.15, 0.2) is 0 Å². The van der Waals surface area contributed by atoms with E-state index in [2.05, 4.69) is 20.6 Å². The van der Waals surface area contributed by atoms with Crippen LogP contribution in [0.5, 0.6) is 0 Å². The number of amides is 1. The lowest BCUT2D eigenvalue weighted by Crippen LogP contribution is -2.24. The van der Waals surface area contributed by atoms with E-state index >= 15 is 0 Å². The largest absolute Gasteiger partial charge is 0.357 e. The zero-order valence-electron chi connectivity index (χ0n) is 13.6. The first kappa shape index (κ1) is 17.0. The normalized spacial score (nSPS) is 10.5. The van der Waals surface area contributed by atoms with Gasteiger partial charge in [0.05, 0.1) is 15.4 Å². The molecule has 5 nitrogen and oxygen atoms in total. The quantitative estimate of drug-likeness (QED) is 0.711. The molecule has 128 valence electrons. The molecule has 25 heavy (non-hydrogen) atoms. The third kappa shape index (κ3) is 4.39. The maximum Gasteiger partial charge on any atom is 0.261 e. The Balaban J connectivity index is 1.60. The molecule has 0 saturated carbocycles. The van der Waals surface area contributed by atoms with Crippen LogP contribution in [-0.4, -0.2) is 29.5 Å². The number of carbonyl (C=O) groups is 1. The van der Waals surface area contributed by atoms with E-state index in [4.69, 9.17) is 0 Å². The van der Waals surface area contributed by atoms with Crippen molar-refractivity contribution in [2.75, 3.05) is 18.9 Å². The predicted molar refractivity (Wildman–Crippen MR) is 97.3 cm³/mol. The SMILES string of the molecule is CNc1nccc(-c2ccc(C(=O)NCCc3cccc(F)c3)s2)n1. The van der Waals surface area contributed by atoms with Gasteiger partial charge in [0.1, 0.15) is 5.82 Å². The fraction of sp³-hybridized carbons (Fsp3) is 0.167. The van der Waals surface area contributed by atoms with Crippen molar-refractivity contribution in [3.63, 3.8) is 0 Å². The number of carbonyl (C=O) groups excluding carboxylic acids is 1. The van der Waals surface area contributed by atoms with Gasteiger partial charge in [0.25, 0.3) is 5.91 Å². The molecule has 2 heterocycles. The molecule has 0 aliphatic carbocycles. The molecule has 0 fully saturated rings. The maximum absolute atomic E-state index is 13.1. The lowest BCUT2D eigenvalue weighted by molar-refractivity contribution is 0.0958. The second-order valence-electron chi connectivity index (χ2n) is 5.32. The number of hydrogen-bond donors (Lipinski definition) is 2. The number of rotatable bonds is 6. The second kappa shape index (κ2) is 7.85. The first-order valence-corrected chi connectivity index (χ1v) is 8.61. The van der Waals surface area contributed by atoms with Crippen molar-refractivity contribution in [1.82, 2.24) is 15.3 Å². The number of anilines is 1. The van der Waals surface area contributed by atoms with E-state index in [9.17, 15) is 9.18 Å². The van der Waals surface area contributed by atoms with E-state index in [-0.39, 0.29) is 11.7 Å². The van der Waals surface area contributed by atoms with Gasteiger partial charge in [-0.3, -0.25) is 4.79 Å². The van der Waals surface area contributed by atoms with Crippen molar-refractivity contribution in [2.45, 2.75) is 6.42 Å². The Bertz CT molecular complexity index is 881. The summed E-state index contributed by atoms with van der Waals surface area (Å²) in [5.74, 6) is 0.125. The molecular formula is C18H17FN4OS. The summed E-state index contributed by atoms with van der Waals surface area (Å²) in [6, 6.07) is 11.8. The Labute approximate surface area is 149 Å². The zero-order valence-corrected chi connectivity index (χ0v) is 14.4. The van der Waals surface area contributed by atoms with Gasteiger partial charge < -0.3 is 10.6 Å². The highest BCUT2D eigenvalue weighted by molar-refractivity contribution is 7.17. The Morgan fingerprint density at radius 1 is 1.24 bits per heavy atom. The van der Waals surface area contributed by atoms with Crippen LogP contribution < -0.4 is 10.6 Å². The molecule has 2 N–H and O–H groups in total. The van der Waals surface area contributed by atoms with Gasteiger partial charge in [-0.05, 0) is 42.3 Å². The van der Waals surface area contributed by atoms with E-state index in [0.29, 0.717) is 23.8 Å². The highest BCUT2D eigenvalue weighted by Gasteiger charge is 2.11. The number of thiophene rings is 1. The Hall–Kier alpha value is -2.80. The van der Waals surface area contributed by atoms with E-state index in [1.54, 1.807) is 31.4 Å². The molecule has 3 aromatic rings. The number of nitrogens with one attached hydrogen (secondary N) is 2. The van der Waals surface area contributed by atoms with E-state index in [0.717, 1.165) is 16.1 Å². The summed E-state index contributed by atoms with van der Waals surface area (Å²) in [6.07, 6.45) is 2.26. The van der Waals surface area contributed by atoms with Gasteiger partial charge in [0, 0.05) is 19.8 Å². The van der Waals surface area contributed by atoms with Crippen molar-refractivity contribution in [1.29, 1.82) is 0 Å². The molecule has 0 saturated heterocycles. The number of aromatic nitrogens is 2. The molecule has 1 aromatic carbocycles. The van der Waals surface area contributed by atoms with Gasteiger partial charge in [-0.1, -0.05) is 12.1 Å². The average molecular weight is 356 g/mol. The summed E-state index contributed by atoms with van der Waals surface area (Å²) in [7, 11) is 1.75. The predicted octanol–water partition coefficient (Wildman–Crippen LogP) is 3.36. The number of halogens is 1. The Morgan fingerprint density at radius 2 is 2.12 bits per heavy atom. The van der Waals surface area contributed by atoms with Crippen LogP contribution in [0.25, 0.3) is 10.6 Å². The fourth-order valence-electron chi connectivity index (χ4n) is 2.31. The van der Waals surface area contributed by atoms with Gasteiger partial charge in [-0.15, -0.1) is 11.3 Å².